The average molecular weight is 291 g/mol. The van der Waals surface area contributed by atoms with Gasteiger partial charge in [-0.15, -0.1) is 0 Å². The van der Waals surface area contributed by atoms with Crippen LogP contribution >= 0.6 is 0 Å². The number of rotatable bonds is 6. The lowest BCUT2D eigenvalue weighted by atomic mass is 9.96. The zero-order chi connectivity index (χ0) is 15.6. The number of furan rings is 1. The summed E-state index contributed by atoms with van der Waals surface area (Å²) in [6, 6.07) is 5.76. The molecular formula is C15H17NO5. The van der Waals surface area contributed by atoms with Crippen LogP contribution in [0.2, 0.25) is 0 Å². The zero-order valence-electron chi connectivity index (χ0n) is 11.9. The Morgan fingerprint density at radius 3 is 2.71 bits per heavy atom. The highest BCUT2D eigenvalue weighted by Gasteiger charge is 2.26. The van der Waals surface area contributed by atoms with Crippen molar-refractivity contribution in [3.8, 4) is 0 Å². The van der Waals surface area contributed by atoms with Gasteiger partial charge in [-0.1, -0.05) is 26.0 Å². The molecule has 0 saturated carbocycles. The number of aliphatic carboxylic acids is 1. The molecule has 1 atom stereocenters. The zero-order valence-corrected chi connectivity index (χ0v) is 11.9. The molecule has 0 saturated heterocycles. The Morgan fingerprint density at radius 2 is 2.14 bits per heavy atom. The van der Waals surface area contributed by atoms with Crippen LogP contribution in [-0.4, -0.2) is 22.5 Å². The maximum Gasteiger partial charge on any atom is 0.304 e. The van der Waals surface area contributed by atoms with Crippen molar-refractivity contribution in [2.24, 2.45) is 0 Å². The smallest absolute Gasteiger partial charge is 0.304 e. The minimum atomic E-state index is -1.08. The van der Waals surface area contributed by atoms with E-state index in [1.807, 2.05) is 18.2 Å². The molecule has 1 heterocycles. The highest BCUT2D eigenvalue weighted by atomic mass is 16.6. The van der Waals surface area contributed by atoms with Crippen LogP contribution < -0.4 is 0 Å². The first-order valence-corrected chi connectivity index (χ1v) is 6.73. The quantitative estimate of drug-likeness (QED) is 0.650. The molecule has 1 aromatic heterocycles. The summed E-state index contributed by atoms with van der Waals surface area (Å²) >= 11 is 0. The van der Waals surface area contributed by atoms with E-state index in [0.29, 0.717) is 11.7 Å². The van der Waals surface area contributed by atoms with Crippen molar-refractivity contribution in [2.75, 3.05) is 6.54 Å². The first-order valence-electron chi connectivity index (χ1n) is 6.73. The maximum absolute atomic E-state index is 10.9. The number of carbonyl (C=O) groups is 1. The number of carboxylic acids is 1. The molecule has 6 nitrogen and oxygen atoms in total. The van der Waals surface area contributed by atoms with Crippen LogP contribution in [-0.2, 0) is 4.79 Å². The minimum absolute atomic E-state index is 0.324. The van der Waals surface area contributed by atoms with Crippen molar-refractivity contribution in [1.29, 1.82) is 0 Å². The maximum atomic E-state index is 10.9. The summed E-state index contributed by atoms with van der Waals surface area (Å²) in [5, 5.41) is 21.2. The second-order valence-electron chi connectivity index (χ2n) is 5.41. The second-order valence-corrected chi connectivity index (χ2v) is 5.41. The number of nitrogens with zero attached hydrogens (tertiary/aromatic N) is 1. The van der Waals surface area contributed by atoms with Crippen molar-refractivity contribution in [3.63, 3.8) is 0 Å². The molecule has 0 aliphatic carbocycles. The van der Waals surface area contributed by atoms with Crippen LogP contribution in [0.5, 0.6) is 0 Å². The van der Waals surface area contributed by atoms with Gasteiger partial charge in [0, 0.05) is 15.7 Å². The van der Waals surface area contributed by atoms with E-state index in [-0.39, 0.29) is 6.42 Å². The van der Waals surface area contributed by atoms with Gasteiger partial charge in [-0.2, -0.15) is 0 Å². The number of nitro groups is 1. The van der Waals surface area contributed by atoms with Gasteiger partial charge in [-0.3, -0.25) is 14.9 Å². The van der Waals surface area contributed by atoms with Crippen LogP contribution in [0.25, 0.3) is 10.8 Å². The molecular weight excluding hydrogens is 274 g/mol. The fourth-order valence-corrected chi connectivity index (χ4v) is 2.40. The van der Waals surface area contributed by atoms with E-state index in [1.54, 1.807) is 0 Å². The third-order valence-corrected chi connectivity index (χ3v) is 3.48. The van der Waals surface area contributed by atoms with E-state index in [1.165, 1.54) is 6.26 Å². The van der Waals surface area contributed by atoms with Crippen LogP contribution in [0.15, 0.2) is 28.9 Å². The second kappa shape index (κ2) is 5.95. The first-order chi connectivity index (χ1) is 9.88. The molecule has 0 amide bonds. The topological polar surface area (TPSA) is 93.6 Å². The van der Waals surface area contributed by atoms with Crippen LogP contribution in [0.1, 0.15) is 43.4 Å². The summed E-state index contributed by atoms with van der Waals surface area (Å²) in [6.45, 7) is 3.69. The Morgan fingerprint density at radius 1 is 1.43 bits per heavy atom. The number of carboxylic acid groups (broad SMARTS) is 1. The average Bonchev–Trinajstić information content (AvgIpc) is 2.79. The van der Waals surface area contributed by atoms with Crippen molar-refractivity contribution in [3.05, 3.63) is 45.9 Å². The number of fused-ring (bicyclic) bond motifs is 1. The van der Waals surface area contributed by atoms with E-state index >= 15 is 0 Å². The number of hydrogen-bond donors (Lipinski definition) is 1. The molecule has 2 aromatic rings. The van der Waals surface area contributed by atoms with Crippen molar-refractivity contribution < 1.29 is 19.2 Å². The van der Waals surface area contributed by atoms with Crippen LogP contribution in [0.3, 0.4) is 0 Å². The Bertz CT molecular complexity index is 658. The van der Waals surface area contributed by atoms with Gasteiger partial charge in [0.1, 0.15) is 5.76 Å². The third kappa shape index (κ3) is 3.39. The largest absolute Gasteiger partial charge is 0.481 e. The molecule has 1 unspecified atom stereocenters. The fraction of sp³-hybridized carbons (Fsp3) is 0.400. The van der Waals surface area contributed by atoms with Gasteiger partial charge >= 0.3 is 5.97 Å². The molecule has 0 aliphatic rings. The van der Waals surface area contributed by atoms with E-state index in [2.05, 4.69) is 13.8 Å². The van der Waals surface area contributed by atoms with Gasteiger partial charge in [-0.05, 0) is 17.5 Å². The lowest BCUT2D eigenvalue weighted by Crippen LogP contribution is -2.16. The van der Waals surface area contributed by atoms with Crippen molar-refractivity contribution in [1.82, 2.24) is 0 Å². The lowest BCUT2D eigenvalue weighted by Gasteiger charge is -2.09. The Balaban J connectivity index is 2.43. The summed E-state index contributed by atoms with van der Waals surface area (Å²) in [5.41, 5.74) is 1.14. The third-order valence-electron chi connectivity index (χ3n) is 3.48. The molecule has 0 spiro atoms. The Hall–Kier alpha value is -2.37. The molecule has 112 valence electrons. The monoisotopic (exact) mass is 291 g/mol. The van der Waals surface area contributed by atoms with E-state index in [0.717, 1.165) is 16.3 Å². The highest BCUT2D eigenvalue weighted by Crippen LogP contribution is 2.32. The number of benzene rings is 1. The van der Waals surface area contributed by atoms with Crippen LogP contribution in [0.4, 0.5) is 0 Å². The van der Waals surface area contributed by atoms with Gasteiger partial charge < -0.3 is 9.52 Å². The molecule has 0 fully saturated rings. The molecule has 0 bridgehead atoms. The molecule has 6 heteroatoms. The highest BCUT2D eigenvalue weighted by molar-refractivity contribution is 5.85. The molecule has 2 rings (SSSR count). The van der Waals surface area contributed by atoms with Crippen molar-refractivity contribution >= 4 is 16.7 Å². The normalized spacial score (nSPS) is 12.7. The van der Waals surface area contributed by atoms with Gasteiger partial charge in [0.25, 0.3) is 0 Å². The van der Waals surface area contributed by atoms with Gasteiger partial charge in [-0.25, -0.2) is 0 Å². The Labute approximate surface area is 121 Å². The predicted octanol–water partition coefficient (Wildman–Crippen LogP) is 3.39. The summed E-state index contributed by atoms with van der Waals surface area (Å²) in [5.74, 6) is -1.11. The van der Waals surface area contributed by atoms with Crippen LogP contribution in [0, 0.1) is 10.1 Å². The Kier molecular flexibility index (Phi) is 4.26. The van der Waals surface area contributed by atoms with Crippen molar-refractivity contribution in [2.45, 2.75) is 32.1 Å². The molecule has 1 aromatic carbocycles. The molecule has 0 radical (unpaired) electrons. The molecule has 0 aliphatic heterocycles. The molecule has 1 N–H and O–H groups in total. The predicted molar refractivity (Wildman–Crippen MR) is 77.2 cm³/mol. The summed E-state index contributed by atoms with van der Waals surface area (Å²) in [7, 11) is 0. The summed E-state index contributed by atoms with van der Waals surface area (Å²) < 4.78 is 5.45. The summed E-state index contributed by atoms with van der Waals surface area (Å²) in [4.78, 5) is 21.1. The van der Waals surface area contributed by atoms with Gasteiger partial charge in [0.2, 0.25) is 6.54 Å². The summed E-state index contributed by atoms with van der Waals surface area (Å²) in [6.07, 6.45) is 1.21. The molecule has 21 heavy (non-hydrogen) atoms. The fourth-order valence-electron chi connectivity index (χ4n) is 2.40. The standard InChI is InChI=1S/C15H17NO5/c1-9(2)10-3-4-13-12(5-10)8-21-15(13)11(6-14(17)18)7-16(19)20/h3-5,8-9,11H,6-7H2,1-2H3,(H,17,18). The van der Waals surface area contributed by atoms with Gasteiger partial charge in [0.05, 0.1) is 18.6 Å². The van der Waals surface area contributed by atoms with E-state index < -0.39 is 23.4 Å². The van der Waals surface area contributed by atoms with E-state index in [9.17, 15) is 14.9 Å². The van der Waals surface area contributed by atoms with Gasteiger partial charge in [0.15, 0.2) is 0 Å². The minimum Gasteiger partial charge on any atom is -0.481 e. The lowest BCUT2D eigenvalue weighted by molar-refractivity contribution is -0.483. The number of hydrogen-bond acceptors (Lipinski definition) is 4. The van der Waals surface area contributed by atoms with E-state index in [4.69, 9.17) is 9.52 Å². The first kappa shape index (κ1) is 15.0. The SMILES string of the molecule is CC(C)c1ccc2c(C(CC(=O)O)C[N+](=O)[O-])occ2c1.